The molecule has 2 unspecified atom stereocenters. The van der Waals surface area contributed by atoms with Gasteiger partial charge < -0.3 is 5.32 Å². The van der Waals surface area contributed by atoms with Gasteiger partial charge in [0.05, 0.1) is 0 Å². The molecule has 1 rings (SSSR count). The van der Waals surface area contributed by atoms with Crippen LogP contribution < -0.4 is 5.32 Å². The van der Waals surface area contributed by atoms with E-state index in [9.17, 15) is 0 Å². The fourth-order valence-electron chi connectivity index (χ4n) is 0.954. The molecule has 0 aliphatic heterocycles. The van der Waals surface area contributed by atoms with Gasteiger partial charge >= 0.3 is 0 Å². The normalized spacial score (nSPS) is 36.3. The molecule has 1 aliphatic rings. The maximum Gasteiger partial charge on any atom is 0.0463 e. The zero-order valence-electron chi connectivity index (χ0n) is 7.37. The van der Waals surface area contributed by atoms with Gasteiger partial charge in [-0.1, -0.05) is 13.8 Å². The Kier molecular flexibility index (Phi) is 4.30. The van der Waals surface area contributed by atoms with Crippen LogP contribution in [0.2, 0.25) is 0 Å². The molecule has 0 aromatic rings. The van der Waals surface area contributed by atoms with E-state index >= 15 is 0 Å². The fourth-order valence-corrected chi connectivity index (χ4v) is 1.22. The van der Waals surface area contributed by atoms with Gasteiger partial charge in [-0.2, -0.15) is 0 Å². The summed E-state index contributed by atoms with van der Waals surface area (Å²) in [7, 11) is 1.96. The Morgan fingerprint density at radius 1 is 1.60 bits per heavy atom. The summed E-state index contributed by atoms with van der Waals surface area (Å²) in [6.07, 6.45) is 1.18. The highest BCUT2D eigenvalue weighted by molar-refractivity contribution is 6.25. The third-order valence-corrected chi connectivity index (χ3v) is 2.25. The summed E-state index contributed by atoms with van der Waals surface area (Å²) < 4.78 is 0. The molecule has 0 spiro atoms. The van der Waals surface area contributed by atoms with Crippen molar-refractivity contribution >= 4 is 11.6 Å². The van der Waals surface area contributed by atoms with Gasteiger partial charge in [0.15, 0.2) is 0 Å². The van der Waals surface area contributed by atoms with Gasteiger partial charge in [-0.3, -0.25) is 0 Å². The Balaban J connectivity index is 0.000000371. The first kappa shape index (κ1) is 10.2. The third kappa shape index (κ3) is 2.89. The Morgan fingerprint density at radius 2 is 2.00 bits per heavy atom. The second-order valence-corrected chi connectivity index (χ2v) is 3.60. The molecular weight excluding hydrogens is 146 g/mol. The minimum atomic E-state index is 0.128. The molecule has 1 nitrogen and oxygen atoms in total. The van der Waals surface area contributed by atoms with Crippen molar-refractivity contribution in [1.29, 1.82) is 0 Å². The molecule has 0 aromatic carbocycles. The summed E-state index contributed by atoms with van der Waals surface area (Å²) in [6, 6.07) is 0. The molecule has 2 atom stereocenters. The maximum absolute atomic E-state index is 5.95. The van der Waals surface area contributed by atoms with E-state index in [1.807, 2.05) is 20.9 Å². The zero-order chi connectivity index (χ0) is 8.20. The molecule has 62 valence electrons. The van der Waals surface area contributed by atoms with Crippen molar-refractivity contribution < 1.29 is 0 Å². The highest BCUT2D eigenvalue weighted by Crippen LogP contribution is 2.48. The average molecular weight is 164 g/mol. The predicted molar refractivity (Wildman–Crippen MR) is 47.6 cm³/mol. The van der Waals surface area contributed by atoms with Crippen LogP contribution in [-0.2, 0) is 0 Å². The average Bonchev–Trinajstić information content (AvgIpc) is 2.46. The van der Waals surface area contributed by atoms with Gasteiger partial charge in [-0.05, 0) is 32.9 Å². The first-order valence-electron chi connectivity index (χ1n) is 4.00. The zero-order valence-corrected chi connectivity index (χ0v) is 8.13. The number of halogens is 1. The van der Waals surface area contributed by atoms with E-state index in [0.29, 0.717) is 5.92 Å². The van der Waals surface area contributed by atoms with Crippen LogP contribution in [-0.4, -0.2) is 18.5 Å². The van der Waals surface area contributed by atoms with Crippen molar-refractivity contribution in [3.05, 3.63) is 0 Å². The Bertz CT molecular complexity index is 91.3. The van der Waals surface area contributed by atoms with E-state index in [1.165, 1.54) is 6.42 Å². The van der Waals surface area contributed by atoms with E-state index in [-0.39, 0.29) is 4.87 Å². The molecule has 1 saturated carbocycles. The molecular formula is C8H18ClN. The standard InChI is InChI=1S/C6H12ClN.C2H6/c1-6(7)3-5(6)4-8-2;1-2/h5,8H,3-4H2,1-2H3;1-2H3. The second-order valence-electron chi connectivity index (χ2n) is 2.74. The molecule has 1 aliphatic carbocycles. The molecule has 0 radical (unpaired) electrons. The van der Waals surface area contributed by atoms with E-state index in [4.69, 9.17) is 11.6 Å². The summed E-state index contributed by atoms with van der Waals surface area (Å²) >= 11 is 5.95. The maximum atomic E-state index is 5.95. The lowest BCUT2D eigenvalue weighted by Gasteiger charge is -1.97. The molecule has 0 amide bonds. The lowest BCUT2D eigenvalue weighted by Crippen LogP contribution is -2.13. The van der Waals surface area contributed by atoms with E-state index < -0.39 is 0 Å². The second kappa shape index (κ2) is 4.20. The van der Waals surface area contributed by atoms with Crippen molar-refractivity contribution in [3.8, 4) is 0 Å². The van der Waals surface area contributed by atoms with Gasteiger partial charge in [0.1, 0.15) is 0 Å². The van der Waals surface area contributed by atoms with Gasteiger partial charge in [0, 0.05) is 4.87 Å². The summed E-state index contributed by atoms with van der Waals surface area (Å²) in [4.78, 5) is 0.128. The van der Waals surface area contributed by atoms with E-state index in [0.717, 1.165) is 6.54 Å². The van der Waals surface area contributed by atoms with E-state index in [2.05, 4.69) is 12.2 Å². The van der Waals surface area contributed by atoms with E-state index in [1.54, 1.807) is 0 Å². The number of hydrogen-bond donors (Lipinski definition) is 1. The highest BCUT2D eigenvalue weighted by atomic mass is 35.5. The molecule has 0 saturated heterocycles. The molecule has 1 N–H and O–H groups in total. The van der Waals surface area contributed by atoms with Crippen LogP contribution in [0, 0.1) is 5.92 Å². The van der Waals surface area contributed by atoms with Crippen molar-refractivity contribution in [2.45, 2.75) is 32.1 Å². The van der Waals surface area contributed by atoms with Gasteiger partial charge in [-0.15, -0.1) is 11.6 Å². The van der Waals surface area contributed by atoms with Crippen LogP contribution in [0.15, 0.2) is 0 Å². The Labute approximate surface area is 69.1 Å². The molecule has 2 heteroatoms. The molecule has 0 heterocycles. The lowest BCUT2D eigenvalue weighted by atomic mass is 10.3. The molecule has 1 fully saturated rings. The Morgan fingerprint density at radius 3 is 2.10 bits per heavy atom. The largest absolute Gasteiger partial charge is 0.319 e. The minimum absolute atomic E-state index is 0.128. The van der Waals surface area contributed by atoms with Gasteiger partial charge in [0.2, 0.25) is 0 Å². The lowest BCUT2D eigenvalue weighted by molar-refractivity contribution is 0.685. The topological polar surface area (TPSA) is 12.0 Å². The summed E-state index contributed by atoms with van der Waals surface area (Å²) in [5, 5.41) is 3.10. The molecule has 0 aromatic heterocycles. The number of alkyl halides is 1. The van der Waals surface area contributed by atoms with Crippen molar-refractivity contribution in [1.82, 2.24) is 5.32 Å². The van der Waals surface area contributed by atoms with Crippen LogP contribution in [0.1, 0.15) is 27.2 Å². The number of nitrogens with one attached hydrogen (secondary N) is 1. The Hall–Kier alpha value is 0.250. The van der Waals surface area contributed by atoms with Crippen LogP contribution in [0.25, 0.3) is 0 Å². The number of hydrogen-bond acceptors (Lipinski definition) is 1. The van der Waals surface area contributed by atoms with Gasteiger partial charge in [0.25, 0.3) is 0 Å². The molecule has 10 heavy (non-hydrogen) atoms. The summed E-state index contributed by atoms with van der Waals surface area (Å²) in [5.41, 5.74) is 0. The number of rotatable bonds is 2. The van der Waals surface area contributed by atoms with Crippen LogP contribution in [0.3, 0.4) is 0 Å². The predicted octanol–water partition coefficient (Wildman–Crippen LogP) is 2.25. The van der Waals surface area contributed by atoms with Crippen molar-refractivity contribution in [3.63, 3.8) is 0 Å². The summed E-state index contributed by atoms with van der Waals surface area (Å²) in [6.45, 7) is 7.16. The summed E-state index contributed by atoms with van der Waals surface area (Å²) in [5.74, 6) is 0.717. The van der Waals surface area contributed by atoms with Crippen LogP contribution in [0.4, 0.5) is 0 Å². The first-order valence-corrected chi connectivity index (χ1v) is 4.38. The van der Waals surface area contributed by atoms with Gasteiger partial charge in [-0.25, -0.2) is 0 Å². The highest BCUT2D eigenvalue weighted by Gasteiger charge is 2.47. The van der Waals surface area contributed by atoms with Crippen LogP contribution in [0.5, 0.6) is 0 Å². The minimum Gasteiger partial charge on any atom is -0.319 e. The smallest absolute Gasteiger partial charge is 0.0463 e. The van der Waals surface area contributed by atoms with Crippen LogP contribution >= 0.6 is 11.6 Å². The molecule has 0 bridgehead atoms. The fraction of sp³-hybridized carbons (Fsp3) is 1.00. The SMILES string of the molecule is CC.CNCC1CC1(C)Cl. The quantitative estimate of drug-likeness (QED) is 0.616. The monoisotopic (exact) mass is 163 g/mol. The van der Waals surface area contributed by atoms with Crippen molar-refractivity contribution in [2.24, 2.45) is 5.92 Å². The van der Waals surface area contributed by atoms with Crippen molar-refractivity contribution in [2.75, 3.05) is 13.6 Å². The third-order valence-electron chi connectivity index (χ3n) is 1.79. The first-order chi connectivity index (χ1) is 4.67.